The number of benzene rings is 2. The molecule has 0 saturated carbocycles. The first-order valence-corrected chi connectivity index (χ1v) is 12.4. The van der Waals surface area contributed by atoms with Crippen molar-refractivity contribution in [2.75, 3.05) is 39.0 Å². The summed E-state index contributed by atoms with van der Waals surface area (Å²) in [7, 11) is 3.75. The molecule has 1 atom stereocenters. The maximum absolute atomic E-state index is 13.4. The van der Waals surface area contributed by atoms with Gasteiger partial charge in [-0.3, -0.25) is 19.5 Å². The van der Waals surface area contributed by atoms with Gasteiger partial charge in [-0.15, -0.1) is 0 Å². The van der Waals surface area contributed by atoms with Crippen molar-refractivity contribution in [2.45, 2.75) is 37.6 Å². The van der Waals surface area contributed by atoms with Crippen molar-refractivity contribution in [1.29, 1.82) is 0 Å². The van der Waals surface area contributed by atoms with E-state index in [1.54, 1.807) is 30.5 Å². The fourth-order valence-electron chi connectivity index (χ4n) is 4.60. The third kappa shape index (κ3) is 5.91. The van der Waals surface area contributed by atoms with Crippen LogP contribution in [-0.4, -0.2) is 73.2 Å². The number of piperidine rings is 1. The Hall–Kier alpha value is -3.66. The highest BCUT2D eigenvalue weighted by Crippen LogP contribution is 2.31. The van der Waals surface area contributed by atoms with Crippen LogP contribution in [0.1, 0.15) is 34.3 Å². The van der Waals surface area contributed by atoms with E-state index in [0.717, 1.165) is 17.7 Å². The highest BCUT2D eigenvalue weighted by molar-refractivity contribution is 6.04. The molecular formula is C28H31F3N4O3. The normalized spacial score (nSPS) is 20.0. The van der Waals surface area contributed by atoms with Gasteiger partial charge in [0.15, 0.2) is 0 Å². The number of aliphatic imine (C=N–C) groups is 1. The van der Waals surface area contributed by atoms with Crippen LogP contribution < -0.4 is 10.1 Å². The van der Waals surface area contributed by atoms with Gasteiger partial charge in [-0.25, -0.2) is 0 Å². The van der Waals surface area contributed by atoms with E-state index in [2.05, 4.69) is 10.3 Å². The van der Waals surface area contributed by atoms with Crippen LogP contribution in [0.3, 0.4) is 0 Å². The molecule has 0 bridgehead atoms. The molecule has 2 aliphatic heterocycles. The topological polar surface area (TPSA) is 74.2 Å². The Balaban J connectivity index is 1.38. The number of rotatable bonds is 6. The van der Waals surface area contributed by atoms with Gasteiger partial charge in [-0.1, -0.05) is 18.2 Å². The molecule has 38 heavy (non-hydrogen) atoms. The summed E-state index contributed by atoms with van der Waals surface area (Å²) in [6.45, 7) is 3.34. The highest BCUT2D eigenvalue weighted by Gasteiger charge is 2.42. The third-order valence-electron chi connectivity index (χ3n) is 6.99. The molecule has 1 saturated heterocycles. The van der Waals surface area contributed by atoms with Gasteiger partial charge in [0.25, 0.3) is 5.91 Å². The molecule has 2 aromatic carbocycles. The molecule has 1 N–H and O–H groups in total. The molecule has 1 unspecified atom stereocenters. The van der Waals surface area contributed by atoms with Crippen molar-refractivity contribution in [3.63, 3.8) is 0 Å². The molecule has 2 aromatic rings. The van der Waals surface area contributed by atoms with E-state index >= 15 is 0 Å². The number of halogens is 3. The quantitative estimate of drug-likeness (QED) is 0.596. The Morgan fingerprint density at radius 2 is 1.87 bits per heavy atom. The number of nitrogens with one attached hydrogen (secondary N) is 1. The summed E-state index contributed by atoms with van der Waals surface area (Å²) in [6.07, 6.45) is 2.03. The molecular weight excluding hydrogens is 497 g/mol. The number of carbonyl (C=O) groups excluding carboxylic acids is 2. The van der Waals surface area contributed by atoms with Gasteiger partial charge in [-0.2, -0.15) is 13.2 Å². The number of allylic oxidation sites excluding steroid dienone is 1. The van der Waals surface area contributed by atoms with Crippen LogP contribution in [-0.2, 0) is 11.0 Å². The fraction of sp³-hybridized carbons (Fsp3) is 0.393. The van der Waals surface area contributed by atoms with E-state index in [9.17, 15) is 22.8 Å². The second kappa shape index (κ2) is 11.0. The number of hydrogen-bond donors (Lipinski definition) is 1. The lowest BCUT2D eigenvalue weighted by molar-refractivity contribution is -0.141. The molecule has 1 fully saturated rings. The minimum absolute atomic E-state index is 0.0181. The summed E-state index contributed by atoms with van der Waals surface area (Å²) < 4.78 is 45.3. The van der Waals surface area contributed by atoms with E-state index in [1.807, 2.05) is 36.9 Å². The number of aryl methyl sites for hydroxylation is 1. The van der Waals surface area contributed by atoms with Crippen LogP contribution >= 0.6 is 0 Å². The lowest BCUT2D eigenvalue weighted by Crippen LogP contribution is -2.60. The van der Waals surface area contributed by atoms with Crippen molar-refractivity contribution in [2.24, 2.45) is 4.99 Å². The first-order chi connectivity index (χ1) is 18.0. The predicted octanol–water partition coefficient (Wildman–Crippen LogP) is 4.58. The van der Waals surface area contributed by atoms with E-state index in [0.29, 0.717) is 43.9 Å². The van der Waals surface area contributed by atoms with Gasteiger partial charge in [0.05, 0.1) is 12.1 Å². The number of carbonyl (C=O) groups is 2. The SMILES string of the molecule is Cc1ccc(NC(=O)c2cccc(C(F)(F)F)c2)cc1OC1CCN(C(=O)C2(N(C)C)C=CC=NC2)CC1. The molecule has 2 amide bonds. The van der Waals surface area contributed by atoms with Crippen LogP contribution in [0.4, 0.5) is 18.9 Å². The molecule has 2 heterocycles. The monoisotopic (exact) mass is 528 g/mol. The second-order valence-corrected chi connectivity index (χ2v) is 9.79. The number of ether oxygens (including phenoxy) is 1. The first kappa shape index (κ1) is 27.4. The maximum Gasteiger partial charge on any atom is 0.416 e. The Bertz CT molecular complexity index is 1250. The third-order valence-corrected chi connectivity index (χ3v) is 6.99. The summed E-state index contributed by atoms with van der Waals surface area (Å²) in [4.78, 5) is 34.1. The van der Waals surface area contributed by atoms with Crippen molar-refractivity contribution >= 4 is 23.7 Å². The van der Waals surface area contributed by atoms with Crippen molar-refractivity contribution < 1.29 is 27.5 Å². The van der Waals surface area contributed by atoms with Crippen LogP contribution in [0, 0.1) is 6.92 Å². The Kier molecular flexibility index (Phi) is 7.91. The highest BCUT2D eigenvalue weighted by atomic mass is 19.4. The van der Waals surface area contributed by atoms with Gasteiger partial charge in [0.2, 0.25) is 5.91 Å². The zero-order chi connectivity index (χ0) is 27.5. The lowest BCUT2D eigenvalue weighted by Gasteiger charge is -2.42. The van der Waals surface area contributed by atoms with Crippen LogP contribution in [0.15, 0.2) is 59.6 Å². The van der Waals surface area contributed by atoms with Gasteiger partial charge in [0, 0.05) is 49.5 Å². The minimum Gasteiger partial charge on any atom is -0.490 e. The number of alkyl halides is 3. The van der Waals surface area contributed by atoms with Crippen LogP contribution in [0.5, 0.6) is 5.75 Å². The standard InChI is InChI=1S/C28H31F3N4O3/c1-19-8-9-22(33-25(36)20-6-4-7-21(16-20)28(29,30)31)17-24(19)38-23-10-14-35(15-11-23)26(37)27(34(2)3)12-5-13-32-18-27/h4-9,12-13,16-17,23H,10-11,14-15,18H2,1-3H3,(H,33,36). The Morgan fingerprint density at radius 1 is 1.13 bits per heavy atom. The van der Waals surface area contributed by atoms with E-state index < -0.39 is 23.2 Å². The number of anilines is 1. The van der Waals surface area contributed by atoms with E-state index in [1.165, 1.54) is 12.1 Å². The molecule has 0 aromatic heterocycles. The van der Waals surface area contributed by atoms with Crippen molar-refractivity contribution in [3.05, 3.63) is 71.3 Å². The number of dihydropyridines is 1. The first-order valence-electron chi connectivity index (χ1n) is 12.4. The predicted molar refractivity (Wildman–Crippen MR) is 140 cm³/mol. The summed E-state index contributed by atoms with van der Waals surface area (Å²) in [5.74, 6) is -0.0518. The summed E-state index contributed by atoms with van der Waals surface area (Å²) in [5, 5.41) is 2.65. The molecule has 7 nitrogen and oxygen atoms in total. The van der Waals surface area contributed by atoms with Gasteiger partial charge in [0.1, 0.15) is 17.4 Å². The Morgan fingerprint density at radius 3 is 2.50 bits per heavy atom. The second-order valence-electron chi connectivity index (χ2n) is 9.79. The van der Waals surface area contributed by atoms with Gasteiger partial charge < -0.3 is 15.0 Å². The number of hydrogen-bond acceptors (Lipinski definition) is 5. The molecule has 2 aliphatic rings. The molecule has 4 rings (SSSR count). The fourth-order valence-corrected chi connectivity index (χ4v) is 4.60. The molecule has 10 heteroatoms. The zero-order valence-corrected chi connectivity index (χ0v) is 21.6. The number of likely N-dealkylation sites (N-methyl/N-ethyl adjacent to an activating group) is 1. The van der Waals surface area contributed by atoms with Crippen molar-refractivity contribution in [3.8, 4) is 5.75 Å². The average molecular weight is 529 g/mol. The molecule has 0 spiro atoms. The maximum atomic E-state index is 13.4. The smallest absolute Gasteiger partial charge is 0.416 e. The average Bonchev–Trinajstić information content (AvgIpc) is 2.90. The molecule has 0 aliphatic carbocycles. The number of likely N-dealkylation sites (tertiary alicyclic amines) is 1. The number of nitrogens with zero attached hydrogens (tertiary/aromatic N) is 3. The summed E-state index contributed by atoms with van der Waals surface area (Å²) in [6, 6.07) is 9.42. The van der Waals surface area contributed by atoms with Gasteiger partial charge >= 0.3 is 6.18 Å². The number of amides is 2. The van der Waals surface area contributed by atoms with Crippen molar-refractivity contribution in [1.82, 2.24) is 9.80 Å². The Labute approximate surface area is 220 Å². The largest absolute Gasteiger partial charge is 0.490 e. The van der Waals surface area contributed by atoms with Crippen LogP contribution in [0.2, 0.25) is 0 Å². The van der Waals surface area contributed by atoms with Crippen LogP contribution in [0.25, 0.3) is 0 Å². The van der Waals surface area contributed by atoms with E-state index in [-0.39, 0.29) is 17.6 Å². The lowest BCUT2D eigenvalue weighted by atomic mass is 9.92. The zero-order valence-electron chi connectivity index (χ0n) is 21.6. The summed E-state index contributed by atoms with van der Waals surface area (Å²) in [5.41, 5.74) is -0.485. The van der Waals surface area contributed by atoms with E-state index in [4.69, 9.17) is 4.74 Å². The minimum atomic E-state index is -4.53. The van der Waals surface area contributed by atoms with Gasteiger partial charge in [-0.05, 0) is 56.9 Å². The summed E-state index contributed by atoms with van der Waals surface area (Å²) >= 11 is 0. The molecule has 202 valence electrons. The molecule has 0 radical (unpaired) electrons.